The Hall–Kier alpha value is -3.31. The molecule has 0 saturated carbocycles. The number of nitrogens with one attached hydrogen (secondary N) is 1. The third-order valence-corrected chi connectivity index (χ3v) is 5.18. The average Bonchev–Trinajstić information content (AvgIpc) is 3.23. The molecule has 0 radical (unpaired) electrons. The number of hydrogen-bond acceptors (Lipinski definition) is 4. The average molecular weight is 401 g/mol. The minimum atomic E-state index is -0.0559. The van der Waals surface area contributed by atoms with Crippen molar-refractivity contribution in [1.29, 1.82) is 0 Å². The molecule has 0 fully saturated rings. The lowest BCUT2D eigenvalue weighted by Gasteiger charge is -2.03. The summed E-state index contributed by atoms with van der Waals surface area (Å²) in [6, 6.07) is 29.7. The van der Waals surface area contributed by atoms with Crippen LogP contribution in [-0.2, 0) is 11.3 Å². The van der Waals surface area contributed by atoms with Crippen LogP contribution in [0, 0.1) is 0 Å². The smallest absolute Gasteiger partial charge is 0.257 e. The first-order valence-corrected chi connectivity index (χ1v) is 10.3. The molecule has 3 aromatic carbocycles. The van der Waals surface area contributed by atoms with E-state index in [-0.39, 0.29) is 11.7 Å². The molecule has 0 atom stereocenters. The van der Waals surface area contributed by atoms with E-state index in [1.54, 1.807) is 0 Å². The Kier molecular flexibility index (Phi) is 6.07. The molecule has 5 heteroatoms. The van der Waals surface area contributed by atoms with E-state index in [1.807, 2.05) is 91.0 Å². The van der Waals surface area contributed by atoms with Crippen molar-refractivity contribution in [2.75, 3.05) is 5.75 Å². The highest BCUT2D eigenvalue weighted by atomic mass is 32.2. The standard InChI is InChI=1S/C24H20N2O2S/c27-21(25-16-18-10-4-1-5-11-18)17-29-24-26-22(19-12-6-2-7-13-19)23(28-24)20-14-8-3-9-15-20/h1-15H,16-17H2,(H,25,27). The minimum Gasteiger partial charge on any atom is -0.431 e. The first-order chi connectivity index (χ1) is 14.3. The third-order valence-electron chi connectivity index (χ3n) is 4.35. The zero-order valence-corrected chi connectivity index (χ0v) is 16.6. The molecule has 1 N–H and O–H groups in total. The van der Waals surface area contributed by atoms with E-state index >= 15 is 0 Å². The molecule has 1 aromatic heterocycles. The van der Waals surface area contributed by atoms with Gasteiger partial charge in [-0.15, -0.1) is 0 Å². The van der Waals surface area contributed by atoms with Crippen molar-refractivity contribution in [3.05, 3.63) is 96.6 Å². The van der Waals surface area contributed by atoms with Crippen LogP contribution in [0.3, 0.4) is 0 Å². The number of amides is 1. The Bertz CT molecular complexity index is 1010. The maximum atomic E-state index is 12.2. The largest absolute Gasteiger partial charge is 0.431 e. The zero-order valence-electron chi connectivity index (χ0n) is 15.7. The van der Waals surface area contributed by atoms with Gasteiger partial charge in [-0.1, -0.05) is 103 Å². The van der Waals surface area contributed by atoms with E-state index in [0.717, 1.165) is 22.4 Å². The first kappa shape index (κ1) is 19.0. The van der Waals surface area contributed by atoms with Gasteiger partial charge in [0.2, 0.25) is 5.91 Å². The SMILES string of the molecule is O=C(CSc1nc(-c2ccccc2)c(-c2ccccc2)o1)NCc1ccccc1. The molecule has 1 amide bonds. The molecule has 0 aliphatic heterocycles. The first-order valence-electron chi connectivity index (χ1n) is 9.35. The highest BCUT2D eigenvalue weighted by molar-refractivity contribution is 7.99. The van der Waals surface area contributed by atoms with E-state index in [9.17, 15) is 4.79 Å². The van der Waals surface area contributed by atoms with Crippen LogP contribution < -0.4 is 5.32 Å². The van der Waals surface area contributed by atoms with Crippen LogP contribution in [0.1, 0.15) is 5.56 Å². The Morgan fingerprint density at radius 2 is 1.41 bits per heavy atom. The highest BCUT2D eigenvalue weighted by Crippen LogP contribution is 2.35. The highest BCUT2D eigenvalue weighted by Gasteiger charge is 2.17. The van der Waals surface area contributed by atoms with Crippen LogP contribution in [0.15, 0.2) is 101 Å². The summed E-state index contributed by atoms with van der Waals surface area (Å²) in [5, 5.41) is 3.41. The fraction of sp³-hybridized carbons (Fsp3) is 0.0833. The van der Waals surface area contributed by atoms with E-state index in [0.29, 0.717) is 17.5 Å². The van der Waals surface area contributed by atoms with Crippen molar-refractivity contribution >= 4 is 17.7 Å². The summed E-state index contributed by atoms with van der Waals surface area (Å²) in [6.45, 7) is 0.510. The van der Waals surface area contributed by atoms with Gasteiger partial charge in [-0.25, -0.2) is 4.98 Å². The van der Waals surface area contributed by atoms with Gasteiger partial charge in [0.15, 0.2) is 5.76 Å². The summed E-state index contributed by atoms with van der Waals surface area (Å²) in [5.74, 6) is 0.902. The van der Waals surface area contributed by atoms with Crippen LogP contribution in [0.25, 0.3) is 22.6 Å². The number of carbonyl (C=O) groups is 1. The number of nitrogens with zero attached hydrogens (tertiary/aromatic N) is 1. The Morgan fingerprint density at radius 3 is 2.07 bits per heavy atom. The second-order valence-corrected chi connectivity index (χ2v) is 7.37. The second kappa shape index (κ2) is 9.26. The van der Waals surface area contributed by atoms with E-state index in [1.165, 1.54) is 11.8 Å². The van der Waals surface area contributed by atoms with Crippen LogP contribution in [0.4, 0.5) is 0 Å². The molecule has 0 bridgehead atoms. The van der Waals surface area contributed by atoms with Crippen molar-refractivity contribution < 1.29 is 9.21 Å². The van der Waals surface area contributed by atoms with Crippen LogP contribution in [0.5, 0.6) is 0 Å². The quantitative estimate of drug-likeness (QED) is 0.421. The molecule has 4 nitrogen and oxygen atoms in total. The number of aromatic nitrogens is 1. The molecule has 0 unspecified atom stereocenters. The molecule has 0 spiro atoms. The normalized spacial score (nSPS) is 10.6. The number of oxazole rings is 1. The van der Waals surface area contributed by atoms with Crippen molar-refractivity contribution in [3.63, 3.8) is 0 Å². The Balaban J connectivity index is 1.48. The van der Waals surface area contributed by atoms with Gasteiger partial charge < -0.3 is 9.73 Å². The summed E-state index contributed by atoms with van der Waals surface area (Å²) in [4.78, 5) is 16.9. The molecule has 144 valence electrons. The van der Waals surface area contributed by atoms with E-state index < -0.39 is 0 Å². The van der Waals surface area contributed by atoms with Crippen LogP contribution >= 0.6 is 11.8 Å². The number of benzene rings is 3. The number of rotatable bonds is 7. The van der Waals surface area contributed by atoms with Gasteiger partial charge in [0.05, 0.1) is 5.75 Å². The Labute approximate surface area is 174 Å². The molecular weight excluding hydrogens is 380 g/mol. The minimum absolute atomic E-state index is 0.0559. The molecule has 0 aliphatic carbocycles. The van der Waals surface area contributed by atoms with Crippen molar-refractivity contribution in [1.82, 2.24) is 10.3 Å². The van der Waals surface area contributed by atoms with Gasteiger partial charge in [0, 0.05) is 17.7 Å². The van der Waals surface area contributed by atoms with Gasteiger partial charge in [0.25, 0.3) is 5.22 Å². The molecule has 4 rings (SSSR count). The van der Waals surface area contributed by atoms with E-state index in [2.05, 4.69) is 10.3 Å². The van der Waals surface area contributed by atoms with Gasteiger partial charge in [-0.3, -0.25) is 4.79 Å². The topological polar surface area (TPSA) is 55.1 Å². The lowest BCUT2D eigenvalue weighted by atomic mass is 10.1. The van der Waals surface area contributed by atoms with Crippen LogP contribution in [-0.4, -0.2) is 16.6 Å². The molecule has 29 heavy (non-hydrogen) atoms. The summed E-state index contributed by atoms with van der Waals surface area (Å²) >= 11 is 1.30. The molecule has 0 aliphatic rings. The molecule has 0 saturated heterocycles. The summed E-state index contributed by atoms with van der Waals surface area (Å²) in [6.07, 6.45) is 0. The number of thioether (sulfide) groups is 1. The lowest BCUT2D eigenvalue weighted by Crippen LogP contribution is -2.24. The molecule has 1 heterocycles. The lowest BCUT2D eigenvalue weighted by molar-refractivity contribution is -0.118. The van der Waals surface area contributed by atoms with Crippen molar-refractivity contribution in [2.45, 2.75) is 11.8 Å². The van der Waals surface area contributed by atoms with Gasteiger partial charge >= 0.3 is 0 Å². The maximum absolute atomic E-state index is 12.2. The summed E-state index contributed by atoms with van der Waals surface area (Å²) in [7, 11) is 0. The predicted molar refractivity (Wildman–Crippen MR) is 116 cm³/mol. The number of hydrogen-bond donors (Lipinski definition) is 1. The predicted octanol–water partition coefficient (Wildman–Crippen LogP) is 5.42. The summed E-state index contributed by atoms with van der Waals surface area (Å²) in [5.41, 5.74) is 3.79. The van der Waals surface area contributed by atoms with Gasteiger partial charge in [-0.2, -0.15) is 0 Å². The summed E-state index contributed by atoms with van der Waals surface area (Å²) < 4.78 is 6.04. The van der Waals surface area contributed by atoms with Gasteiger partial charge in [-0.05, 0) is 5.56 Å². The maximum Gasteiger partial charge on any atom is 0.257 e. The van der Waals surface area contributed by atoms with Gasteiger partial charge in [0.1, 0.15) is 5.69 Å². The molecule has 4 aromatic rings. The third kappa shape index (κ3) is 4.95. The fourth-order valence-electron chi connectivity index (χ4n) is 2.91. The second-order valence-electron chi connectivity index (χ2n) is 6.44. The monoisotopic (exact) mass is 400 g/mol. The number of carbonyl (C=O) groups excluding carboxylic acids is 1. The fourth-order valence-corrected chi connectivity index (χ4v) is 3.57. The Morgan fingerprint density at radius 1 is 0.828 bits per heavy atom. The zero-order chi connectivity index (χ0) is 19.9. The van der Waals surface area contributed by atoms with Crippen LogP contribution in [0.2, 0.25) is 0 Å². The van der Waals surface area contributed by atoms with E-state index in [4.69, 9.17) is 4.42 Å². The molecular formula is C24H20N2O2S. The van der Waals surface area contributed by atoms with Crippen molar-refractivity contribution in [3.8, 4) is 22.6 Å². The van der Waals surface area contributed by atoms with Crippen molar-refractivity contribution in [2.24, 2.45) is 0 Å².